The van der Waals surface area contributed by atoms with Crippen LogP contribution < -0.4 is 0 Å². The maximum absolute atomic E-state index is 13.0. The first-order chi connectivity index (χ1) is 6.16. The van der Waals surface area contributed by atoms with Crippen molar-refractivity contribution in [2.24, 2.45) is 5.11 Å². The molecular weight excluding hydrogens is 173 g/mol. The molecule has 5 heteroatoms. The fraction of sp³-hybridized carbons (Fsp3) is 0.125. The second kappa shape index (κ2) is 3.69. The lowest BCUT2D eigenvalue weighted by Crippen LogP contribution is -1.93. The van der Waals surface area contributed by atoms with Gasteiger partial charge >= 0.3 is 0 Å². The molecule has 0 N–H and O–H groups in total. The highest BCUT2D eigenvalue weighted by atomic mass is 19.1. The summed E-state index contributed by atoms with van der Waals surface area (Å²) in [6.45, 7) is 1.28. The van der Waals surface area contributed by atoms with E-state index in [0.717, 1.165) is 6.07 Å². The molecule has 66 valence electrons. The van der Waals surface area contributed by atoms with Crippen LogP contribution in [0, 0.1) is 5.82 Å². The molecule has 0 saturated heterocycles. The summed E-state index contributed by atoms with van der Waals surface area (Å²) in [6, 6.07) is 3.94. The average molecular weight is 179 g/mol. The first-order valence-corrected chi connectivity index (χ1v) is 3.51. The highest BCUT2D eigenvalue weighted by Crippen LogP contribution is 2.23. The summed E-state index contributed by atoms with van der Waals surface area (Å²) in [5, 5.41) is 3.11. The van der Waals surface area contributed by atoms with Crippen LogP contribution >= 0.6 is 0 Å². The molecule has 0 aromatic heterocycles. The maximum atomic E-state index is 13.0. The minimum absolute atomic E-state index is 0.0952. The molecule has 1 rings (SSSR count). The summed E-state index contributed by atoms with van der Waals surface area (Å²) >= 11 is 0. The van der Waals surface area contributed by atoms with E-state index < -0.39 is 5.82 Å². The molecule has 0 aliphatic rings. The largest absolute Gasteiger partial charge is 0.294 e. The van der Waals surface area contributed by atoms with E-state index in [1.54, 1.807) is 0 Å². The van der Waals surface area contributed by atoms with Crippen LogP contribution in [0.1, 0.15) is 17.3 Å². The van der Waals surface area contributed by atoms with Crippen molar-refractivity contribution in [3.8, 4) is 0 Å². The van der Waals surface area contributed by atoms with Crippen molar-refractivity contribution in [1.29, 1.82) is 0 Å². The van der Waals surface area contributed by atoms with Crippen LogP contribution in [-0.2, 0) is 0 Å². The lowest BCUT2D eigenvalue weighted by molar-refractivity contribution is 0.101. The zero-order chi connectivity index (χ0) is 9.84. The molecule has 0 bridgehead atoms. The topological polar surface area (TPSA) is 65.8 Å². The molecule has 0 aliphatic heterocycles. The molecular formula is C8H6FN3O. The smallest absolute Gasteiger partial charge is 0.160 e. The summed E-state index contributed by atoms with van der Waals surface area (Å²) in [5.41, 5.74) is 7.99. The van der Waals surface area contributed by atoms with Crippen molar-refractivity contribution in [2.45, 2.75) is 6.92 Å². The number of azide groups is 1. The molecule has 0 spiro atoms. The number of rotatable bonds is 2. The minimum atomic E-state index is -0.689. The van der Waals surface area contributed by atoms with E-state index >= 15 is 0 Å². The number of Topliss-reactive ketones (excluding diaryl/α,β-unsaturated/α-hetero) is 1. The zero-order valence-corrected chi connectivity index (χ0v) is 6.86. The normalized spacial score (nSPS) is 9.08. The average Bonchev–Trinajstić information content (AvgIpc) is 2.08. The molecule has 0 heterocycles. The summed E-state index contributed by atoms with van der Waals surface area (Å²) < 4.78 is 13.0. The highest BCUT2D eigenvalue weighted by Gasteiger charge is 2.09. The van der Waals surface area contributed by atoms with Crippen molar-refractivity contribution in [1.82, 2.24) is 0 Å². The van der Waals surface area contributed by atoms with E-state index in [4.69, 9.17) is 5.53 Å². The van der Waals surface area contributed by atoms with Gasteiger partial charge in [-0.05, 0) is 18.5 Å². The molecule has 4 nitrogen and oxygen atoms in total. The number of hydrogen-bond acceptors (Lipinski definition) is 2. The van der Waals surface area contributed by atoms with Crippen LogP contribution in [0.4, 0.5) is 10.1 Å². The summed E-state index contributed by atoms with van der Waals surface area (Å²) in [6.07, 6.45) is 0. The number of carbonyl (C=O) groups is 1. The first kappa shape index (κ1) is 9.22. The molecule has 0 aliphatic carbocycles. The first-order valence-electron chi connectivity index (χ1n) is 3.51. The van der Waals surface area contributed by atoms with Gasteiger partial charge in [0.25, 0.3) is 0 Å². The van der Waals surface area contributed by atoms with Crippen LogP contribution in [0.3, 0.4) is 0 Å². The second-order valence-electron chi connectivity index (χ2n) is 2.38. The van der Waals surface area contributed by atoms with Crippen molar-refractivity contribution in [3.63, 3.8) is 0 Å². The van der Waals surface area contributed by atoms with Gasteiger partial charge in [0.2, 0.25) is 0 Å². The second-order valence-corrected chi connectivity index (χ2v) is 2.38. The number of carbonyl (C=O) groups excluding carboxylic acids is 1. The molecule has 1 aromatic rings. The number of halogens is 1. The number of benzene rings is 1. The molecule has 0 atom stereocenters. The SMILES string of the molecule is CC(=O)c1cccc(F)c1N=[N+]=[N-]. The Hall–Kier alpha value is -1.87. The van der Waals surface area contributed by atoms with Crippen LogP contribution in [0.15, 0.2) is 23.3 Å². The van der Waals surface area contributed by atoms with Gasteiger partial charge in [-0.15, -0.1) is 0 Å². The van der Waals surface area contributed by atoms with Crippen LogP contribution in [0.25, 0.3) is 10.4 Å². The van der Waals surface area contributed by atoms with Gasteiger partial charge in [0.05, 0.1) is 5.69 Å². The Morgan fingerprint density at radius 1 is 1.62 bits per heavy atom. The van der Waals surface area contributed by atoms with E-state index in [0.29, 0.717) is 0 Å². The van der Waals surface area contributed by atoms with Crippen molar-refractivity contribution >= 4 is 11.5 Å². The lowest BCUT2D eigenvalue weighted by atomic mass is 10.1. The van der Waals surface area contributed by atoms with Gasteiger partial charge in [0.15, 0.2) is 5.78 Å². The third-order valence-electron chi connectivity index (χ3n) is 1.51. The standard InChI is InChI=1S/C8H6FN3O/c1-5(13)6-3-2-4-7(9)8(6)11-12-10/h2-4H,1H3. The lowest BCUT2D eigenvalue weighted by Gasteiger charge is -2.00. The predicted molar refractivity (Wildman–Crippen MR) is 45.2 cm³/mol. The molecule has 0 saturated carbocycles. The Kier molecular flexibility index (Phi) is 2.62. The summed E-state index contributed by atoms with van der Waals surface area (Å²) in [4.78, 5) is 13.4. The zero-order valence-electron chi connectivity index (χ0n) is 6.86. The molecule has 0 unspecified atom stereocenters. The van der Waals surface area contributed by atoms with Crippen LogP contribution in [0.2, 0.25) is 0 Å². The number of hydrogen-bond donors (Lipinski definition) is 0. The minimum Gasteiger partial charge on any atom is -0.294 e. The van der Waals surface area contributed by atoms with E-state index in [1.807, 2.05) is 0 Å². The fourth-order valence-electron chi connectivity index (χ4n) is 0.946. The number of nitrogens with zero attached hydrogens (tertiary/aromatic N) is 3. The van der Waals surface area contributed by atoms with E-state index in [9.17, 15) is 9.18 Å². The van der Waals surface area contributed by atoms with E-state index in [1.165, 1.54) is 19.1 Å². The van der Waals surface area contributed by atoms with Gasteiger partial charge in [-0.2, -0.15) is 0 Å². The van der Waals surface area contributed by atoms with Crippen molar-refractivity contribution in [2.75, 3.05) is 0 Å². The van der Waals surface area contributed by atoms with Crippen molar-refractivity contribution < 1.29 is 9.18 Å². The highest BCUT2D eigenvalue weighted by molar-refractivity contribution is 5.98. The van der Waals surface area contributed by atoms with E-state index in [2.05, 4.69) is 10.0 Å². The summed E-state index contributed by atoms with van der Waals surface area (Å²) in [7, 11) is 0. The molecule has 13 heavy (non-hydrogen) atoms. The van der Waals surface area contributed by atoms with Gasteiger partial charge in [0.1, 0.15) is 5.82 Å². The Morgan fingerprint density at radius 2 is 2.31 bits per heavy atom. The Labute approximate surface area is 73.6 Å². The van der Waals surface area contributed by atoms with Crippen molar-refractivity contribution in [3.05, 3.63) is 40.0 Å². The van der Waals surface area contributed by atoms with E-state index in [-0.39, 0.29) is 17.0 Å². The van der Waals surface area contributed by atoms with Gasteiger partial charge in [-0.1, -0.05) is 17.2 Å². The van der Waals surface area contributed by atoms with Gasteiger partial charge in [0, 0.05) is 10.5 Å². The molecule has 0 fully saturated rings. The maximum Gasteiger partial charge on any atom is 0.160 e. The fourth-order valence-corrected chi connectivity index (χ4v) is 0.946. The Bertz CT molecular complexity index is 396. The summed E-state index contributed by atoms with van der Waals surface area (Å²) in [5.74, 6) is -1.02. The van der Waals surface area contributed by atoms with Gasteiger partial charge in [-0.25, -0.2) is 4.39 Å². The third kappa shape index (κ3) is 1.83. The van der Waals surface area contributed by atoms with Gasteiger partial charge in [-0.3, -0.25) is 4.79 Å². The predicted octanol–water partition coefficient (Wildman–Crippen LogP) is 2.97. The molecule has 0 radical (unpaired) electrons. The van der Waals surface area contributed by atoms with Gasteiger partial charge < -0.3 is 0 Å². The van der Waals surface area contributed by atoms with Crippen LogP contribution in [0.5, 0.6) is 0 Å². The Balaban J connectivity index is 3.42. The molecule has 1 aromatic carbocycles. The third-order valence-corrected chi connectivity index (χ3v) is 1.51. The van der Waals surface area contributed by atoms with Crippen LogP contribution in [-0.4, -0.2) is 5.78 Å². The Morgan fingerprint density at radius 3 is 2.85 bits per heavy atom. The monoisotopic (exact) mass is 179 g/mol. The quantitative estimate of drug-likeness (QED) is 0.298. The molecule has 0 amide bonds. The number of ketones is 1.